The Balaban J connectivity index is 0.00000288. The van der Waals surface area contributed by atoms with E-state index in [1.54, 1.807) is 19.2 Å². The van der Waals surface area contributed by atoms with Crippen molar-refractivity contribution in [1.29, 1.82) is 0 Å². The van der Waals surface area contributed by atoms with Crippen molar-refractivity contribution in [3.8, 4) is 11.5 Å². The topological polar surface area (TPSA) is 81.9 Å². The van der Waals surface area contributed by atoms with Gasteiger partial charge in [-0.2, -0.15) is 0 Å². The highest BCUT2D eigenvalue weighted by Gasteiger charge is 2.24. The second-order valence-electron chi connectivity index (χ2n) is 6.18. The van der Waals surface area contributed by atoms with E-state index in [-0.39, 0.29) is 23.3 Å². The molecule has 2 rings (SSSR count). The van der Waals surface area contributed by atoms with Crippen molar-refractivity contribution in [1.82, 2.24) is 4.31 Å². The zero-order valence-corrected chi connectivity index (χ0v) is 16.0. The van der Waals surface area contributed by atoms with Crippen molar-refractivity contribution < 1.29 is 17.9 Å². The number of nitrogens with zero attached hydrogens (tertiary/aromatic N) is 1. The van der Waals surface area contributed by atoms with Gasteiger partial charge >= 0.3 is 0 Å². The van der Waals surface area contributed by atoms with Gasteiger partial charge in [-0.3, -0.25) is 0 Å². The standard InChI is InChI=1S/C16H26N2O4S.ClH/c1-12(2)14(17)7-8-18(3)23(19,20)13-5-6-15-16(11-13)22-10-4-9-21-15;/h5-6,11-12,14H,4,7-10,17H2,1-3H3;1H. The third-order valence-corrected chi connectivity index (χ3v) is 5.91. The molecule has 0 radical (unpaired) electrons. The van der Waals surface area contributed by atoms with Crippen LogP contribution in [0.2, 0.25) is 0 Å². The van der Waals surface area contributed by atoms with Crippen LogP contribution in [0.25, 0.3) is 0 Å². The third-order valence-electron chi connectivity index (χ3n) is 4.06. The number of fused-ring (bicyclic) bond motifs is 1. The molecule has 1 atom stereocenters. The molecule has 0 spiro atoms. The molecule has 0 fully saturated rings. The smallest absolute Gasteiger partial charge is 0.242 e. The molecule has 0 bridgehead atoms. The molecule has 1 aliphatic heterocycles. The molecule has 24 heavy (non-hydrogen) atoms. The first-order chi connectivity index (χ1) is 10.8. The largest absolute Gasteiger partial charge is 0.490 e. The van der Waals surface area contributed by atoms with Gasteiger partial charge < -0.3 is 15.2 Å². The van der Waals surface area contributed by atoms with Crippen LogP contribution in [-0.4, -0.2) is 45.6 Å². The van der Waals surface area contributed by atoms with Crippen molar-refractivity contribution in [3.05, 3.63) is 18.2 Å². The zero-order chi connectivity index (χ0) is 17.0. The van der Waals surface area contributed by atoms with Crippen LogP contribution in [0.4, 0.5) is 0 Å². The van der Waals surface area contributed by atoms with Crippen LogP contribution in [0.1, 0.15) is 26.7 Å². The molecule has 0 saturated carbocycles. The molecule has 1 heterocycles. The van der Waals surface area contributed by atoms with Crippen molar-refractivity contribution in [2.45, 2.75) is 37.6 Å². The Morgan fingerprint density at radius 3 is 2.46 bits per heavy atom. The van der Waals surface area contributed by atoms with Crippen molar-refractivity contribution in [2.75, 3.05) is 26.8 Å². The summed E-state index contributed by atoms with van der Waals surface area (Å²) in [4.78, 5) is 0.211. The maximum atomic E-state index is 12.7. The van der Waals surface area contributed by atoms with E-state index in [4.69, 9.17) is 15.2 Å². The Hall–Kier alpha value is -1.02. The molecule has 2 N–H and O–H groups in total. The lowest BCUT2D eigenvalue weighted by Crippen LogP contribution is -2.34. The molecule has 1 unspecified atom stereocenters. The molecule has 138 valence electrons. The Labute approximate surface area is 150 Å². The number of hydrogen-bond acceptors (Lipinski definition) is 5. The van der Waals surface area contributed by atoms with E-state index < -0.39 is 10.0 Å². The van der Waals surface area contributed by atoms with Gasteiger partial charge in [0.05, 0.1) is 18.1 Å². The lowest BCUT2D eigenvalue weighted by molar-refractivity contribution is 0.297. The van der Waals surface area contributed by atoms with Crippen LogP contribution < -0.4 is 15.2 Å². The minimum Gasteiger partial charge on any atom is -0.490 e. The highest BCUT2D eigenvalue weighted by atomic mass is 35.5. The van der Waals surface area contributed by atoms with Crippen LogP contribution in [0.5, 0.6) is 11.5 Å². The van der Waals surface area contributed by atoms with E-state index >= 15 is 0 Å². The van der Waals surface area contributed by atoms with Gasteiger partial charge in [-0.25, -0.2) is 12.7 Å². The van der Waals surface area contributed by atoms with Gasteiger partial charge in [0.25, 0.3) is 0 Å². The Morgan fingerprint density at radius 2 is 1.83 bits per heavy atom. The highest BCUT2D eigenvalue weighted by Crippen LogP contribution is 2.32. The molecule has 1 aliphatic rings. The summed E-state index contributed by atoms with van der Waals surface area (Å²) in [5, 5.41) is 0. The summed E-state index contributed by atoms with van der Waals surface area (Å²) in [6, 6.07) is 4.73. The monoisotopic (exact) mass is 378 g/mol. The lowest BCUT2D eigenvalue weighted by atomic mass is 10.0. The summed E-state index contributed by atoms with van der Waals surface area (Å²) in [7, 11) is -1.99. The summed E-state index contributed by atoms with van der Waals surface area (Å²) >= 11 is 0. The van der Waals surface area contributed by atoms with Gasteiger partial charge in [-0.15, -0.1) is 12.4 Å². The summed E-state index contributed by atoms with van der Waals surface area (Å²) in [6.07, 6.45) is 1.40. The molecule has 8 heteroatoms. The van der Waals surface area contributed by atoms with E-state index in [1.807, 2.05) is 13.8 Å². The van der Waals surface area contributed by atoms with E-state index in [0.29, 0.717) is 43.6 Å². The minimum absolute atomic E-state index is 0. The number of benzene rings is 1. The average molecular weight is 379 g/mol. The predicted molar refractivity (Wildman–Crippen MR) is 96.5 cm³/mol. The van der Waals surface area contributed by atoms with Crippen LogP contribution in [-0.2, 0) is 10.0 Å². The van der Waals surface area contributed by atoms with Gasteiger partial charge in [0, 0.05) is 32.1 Å². The summed E-state index contributed by atoms with van der Waals surface area (Å²) in [6.45, 7) is 5.55. The SMILES string of the molecule is CC(C)C(N)CCN(C)S(=O)(=O)c1ccc2c(c1)OCCCO2.Cl. The van der Waals surface area contributed by atoms with Gasteiger partial charge in [-0.1, -0.05) is 13.8 Å². The number of hydrogen-bond donors (Lipinski definition) is 1. The van der Waals surface area contributed by atoms with Crippen LogP contribution in [0.15, 0.2) is 23.1 Å². The van der Waals surface area contributed by atoms with Gasteiger partial charge in [0.2, 0.25) is 10.0 Å². The molecule has 0 aromatic heterocycles. The molecular weight excluding hydrogens is 352 g/mol. The molecule has 0 saturated heterocycles. The average Bonchev–Trinajstić information content (AvgIpc) is 2.76. The normalized spacial score (nSPS) is 15.8. The predicted octanol–water partition coefficient (Wildman–Crippen LogP) is 2.26. The van der Waals surface area contributed by atoms with Gasteiger partial charge in [0.1, 0.15) is 0 Å². The maximum Gasteiger partial charge on any atom is 0.242 e. The molecule has 0 aliphatic carbocycles. The van der Waals surface area contributed by atoms with E-state index in [2.05, 4.69) is 0 Å². The number of ether oxygens (including phenoxy) is 2. The first kappa shape index (κ1) is 21.0. The molecule has 1 aromatic carbocycles. The van der Waals surface area contributed by atoms with Crippen LogP contribution >= 0.6 is 12.4 Å². The molecule has 1 aromatic rings. The molecular formula is C16H27ClN2O4S. The fourth-order valence-electron chi connectivity index (χ4n) is 2.27. The summed E-state index contributed by atoms with van der Waals surface area (Å²) in [5.74, 6) is 1.39. The second-order valence-corrected chi connectivity index (χ2v) is 8.23. The number of sulfonamides is 1. The van der Waals surface area contributed by atoms with Crippen molar-refractivity contribution >= 4 is 22.4 Å². The number of nitrogens with two attached hydrogens (primary N) is 1. The van der Waals surface area contributed by atoms with Crippen LogP contribution in [0, 0.1) is 5.92 Å². The molecule has 0 amide bonds. The van der Waals surface area contributed by atoms with E-state index in [0.717, 1.165) is 6.42 Å². The Morgan fingerprint density at radius 1 is 1.21 bits per heavy atom. The second kappa shape index (κ2) is 8.89. The lowest BCUT2D eigenvalue weighted by Gasteiger charge is -2.21. The fourth-order valence-corrected chi connectivity index (χ4v) is 3.47. The van der Waals surface area contributed by atoms with Crippen molar-refractivity contribution in [3.63, 3.8) is 0 Å². The number of halogens is 1. The number of rotatable bonds is 6. The quantitative estimate of drug-likeness (QED) is 0.821. The zero-order valence-electron chi connectivity index (χ0n) is 14.4. The fraction of sp³-hybridized carbons (Fsp3) is 0.625. The maximum absolute atomic E-state index is 12.7. The van der Waals surface area contributed by atoms with Crippen molar-refractivity contribution in [2.24, 2.45) is 11.7 Å². The Bertz CT molecular complexity index is 637. The first-order valence-electron chi connectivity index (χ1n) is 7.94. The van der Waals surface area contributed by atoms with E-state index in [9.17, 15) is 8.42 Å². The van der Waals surface area contributed by atoms with Gasteiger partial charge in [0.15, 0.2) is 11.5 Å². The summed E-state index contributed by atoms with van der Waals surface area (Å²) < 4.78 is 37.8. The highest BCUT2D eigenvalue weighted by molar-refractivity contribution is 7.89. The third kappa shape index (κ3) is 4.99. The summed E-state index contributed by atoms with van der Waals surface area (Å²) in [5.41, 5.74) is 6.00. The first-order valence-corrected chi connectivity index (χ1v) is 9.38. The van der Waals surface area contributed by atoms with E-state index in [1.165, 1.54) is 10.4 Å². The minimum atomic E-state index is -3.56. The van der Waals surface area contributed by atoms with Gasteiger partial charge in [-0.05, 0) is 24.5 Å². The molecule has 6 nitrogen and oxygen atoms in total. The Kier molecular flexibility index (Phi) is 7.79. The van der Waals surface area contributed by atoms with Crippen LogP contribution in [0.3, 0.4) is 0 Å².